The van der Waals surface area contributed by atoms with Gasteiger partial charge >= 0.3 is 0 Å². The standard InChI is InChI=1S/C16H20N2O2S/c1-20-13-2-3-15-14(7-13)12(8-17-15)4-5-18-9-11(10-21)6-16(18)19/h2-3,7-8,11,17,21H,4-6,9-10H2,1H3. The van der Waals surface area contributed by atoms with Crippen molar-refractivity contribution in [3.63, 3.8) is 0 Å². The number of aromatic amines is 1. The number of carbonyl (C=O) groups is 1. The Kier molecular flexibility index (Phi) is 4.10. The fourth-order valence-electron chi connectivity index (χ4n) is 2.94. The quantitative estimate of drug-likeness (QED) is 0.834. The Labute approximate surface area is 129 Å². The molecule has 1 amide bonds. The molecule has 2 heterocycles. The maximum atomic E-state index is 11.9. The first-order valence-electron chi connectivity index (χ1n) is 7.24. The van der Waals surface area contributed by atoms with Gasteiger partial charge in [0.25, 0.3) is 0 Å². The third-order valence-electron chi connectivity index (χ3n) is 4.18. The molecule has 5 heteroatoms. The van der Waals surface area contributed by atoms with Crippen LogP contribution in [-0.4, -0.2) is 41.7 Å². The van der Waals surface area contributed by atoms with E-state index in [0.29, 0.717) is 12.3 Å². The molecule has 1 aliphatic heterocycles. The van der Waals surface area contributed by atoms with Crippen molar-refractivity contribution in [3.05, 3.63) is 30.0 Å². The fraction of sp³-hybridized carbons (Fsp3) is 0.438. The smallest absolute Gasteiger partial charge is 0.222 e. The number of hydrogen-bond acceptors (Lipinski definition) is 3. The SMILES string of the molecule is COc1ccc2[nH]cc(CCN3CC(CS)CC3=O)c2c1. The summed E-state index contributed by atoms with van der Waals surface area (Å²) in [6.45, 7) is 1.61. The van der Waals surface area contributed by atoms with E-state index in [2.05, 4.69) is 17.6 Å². The maximum absolute atomic E-state index is 11.9. The second-order valence-corrected chi connectivity index (χ2v) is 5.93. The number of fused-ring (bicyclic) bond motifs is 1. The summed E-state index contributed by atoms with van der Waals surface area (Å²) in [6.07, 6.45) is 3.53. The van der Waals surface area contributed by atoms with Crippen LogP contribution in [0, 0.1) is 5.92 Å². The highest BCUT2D eigenvalue weighted by Gasteiger charge is 2.28. The molecule has 1 aromatic heterocycles. The molecule has 0 saturated carbocycles. The van der Waals surface area contributed by atoms with Crippen molar-refractivity contribution in [2.75, 3.05) is 26.0 Å². The summed E-state index contributed by atoms with van der Waals surface area (Å²) in [5, 5.41) is 1.17. The average Bonchev–Trinajstić information content (AvgIpc) is 3.07. The Morgan fingerprint density at radius 1 is 1.48 bits per heavy atom. The first-order chi connectivity index (χ1) is 10.2. The van der Waals surface area contributed by atoms with Crippen LogP contribution in [0.15, 0.2) is 24.4 Å². The van der Waals surface area contributed by atoms with Crippen LogP contribution in [0.3, 0.4) is 0 Å². The van der Waals surface area contributed by atoms with Crippen LogP contribution in [0.5, 0.6) is 5.75 Å². The minimum Gasteiger partial charge on any atom is -0.497 e. The molecule has 1 aromatic carbocycles. The van der Waals surface area contributed by atoms with E-state index in [1.54, 1.807) is 7.11 Å². The van der Waals surface area contributed by atoms with Gasteiger partial charge in [-0.25, -0.2) is 0 Å². The van der Waals surface area contributed by atoms with Crippen molar-refractivity contribution in [2.24, 2.45) is 5.92 Å². The topological polar surface area (TPSA) is 45.3 Å². The normalized spacial score (nSPS) is 18.7. The summed E-state index contributed by atoms with van der Waals surface area (Å²) in [4.78, 5) is 17.2. The van der Waals surface area contributed by atoms with E-state index in [1.807, 2.05) is 29.3 Å². The second kappa shape index (κ2) is 6.02. The molecule has 0 bridgehead atoms. The van der Waals surface area contributed by atoms with Crippen molar-refractivity contribution in [3.8, 4) is 5.75 Å². The number of H-pyrrole nitrogens is 1. The molecule has 0 radical (unpaired) electrons. The van der Waals surface area contributed by atoms with Crippen LogP contribution in [0.1, 0.15) is 12.0 Å². The van der Waals surface area contributed by atoms with Gasteiger partial charge < -0.3 is 14.6 Å². The van der Waals surface area contributed by atoms with Crippen LogP contribution < -0.4 is 4.74 Å². The molecule has 2 aromatic rings. The summed E-state index contributed by atoms with van der Waals surface area (Å²) in [6, 6.07) is 6.02. The minimum absolute atomic E-state index is 0.256. The number of methoxy groups -OCH3 is 1. The van der Waals surface area contributed by atoms with Crippen molar-refractivity contribution in [2.45, 2.75) is 12.8 Å². The number of rotatable bonds is 5. The zero-order chi connectivity index (χ0) is 14.8. The molecule has 3 rings (SSSR count). The number of carbonyl (C=O) groups excluding carboxylic acids is 1. The molecule has 1 atom stereocenters. The lowest BCUT2D eigenvalue weighted by Crippen LogP contribution is -2.27. The number of thiol groups is 1. The van der Waals surface area contributed by atoms with Crippen molar-refractivity contribution in [1.29, 1.82) is 0 Å². The molecule has 0 spiro atoms. The Morgan fingerprint density at radius 3 is 3.05 bits per heavy atom. The number of hydrogen-bond donors (Lipinski definition) is 2. The lowest BCUT2D eigenvalue weighted by molar-refractivity contribution is -0.127. The average molecular weight is 304 g/mol. The number of likely N-dealkylation sites (tertiary alicyclic amines) is 1. The highest BCUT2D eigenvalue weighted by atomic mass is 32.1. The van der Waals surface area contributed by atoms with Gasteiger partial charge in [-0.15, -0.1) is 0 Å². The van der Waals surface area contributed by atoms with Gasteiger partial charge in [0, 0.05) is 36.6 Å². The zero-order valence-electron chi connectivity index (χ0n) is 12.1. The minimum atomic E-state index is 0.256. The van der Waals surface area contributed by atoms with Gasteiger partial charge in [0.2, 0.25) is 5.91 Å². The maximum Gasteiger partial charge on any atom is 0.222 e. The monoisotopic (exact) mass is 304 g/mol. The lowest BCUT2D eigenvalue weighted by Gasteiger charge is -2.16. The lowest BCUT2D eigenvalue weighted by atomic mass is 10.1. The predicted molar refractivity (Wildman–Crippen MR) is 87.1 cm³/mol. The Balaban J connectivity index is 1.72. The molecular weight excluding hydrogens is 284 g/mol. The third kappa shape index (κ3) is 2.88. The fourth-order valence-corrected chi connectivity index (χ4v) is 3.18. The zero-order valence-corrected chi connectivity index (χ0v) is 13.0. The summed E-state index contributed by atoms with van der Waals surface area (Å²) < 4.78 is 5.28. The van der Waals surface area contributed by atoms with Gasteiger partial charge in [-0.2, -0.15) is 12.6 Å². The van der Waals surface area contributed by atoms with E-state index >= 15 is 0 Å². The molecule has 4 nitrogen and oxygen atoms in total. The summed E-state index contributed by atoms with van der Waals surface area (Å²) in [7, 11) is 1.67. The van der Waals surface area contributed by atoms with Gasteiger partial charge in [-0.05, 0) is 41.9 Å². The van der Waals surface area contributed by atoms with E-state index in [4.69, 9.17) is 4.74 Å². The summed E-state index contributed by atoms with van der Waals surface area (Å²) >= 11 is 4.30. The van der Waals surface area contributed by atoms with Crippen LogP contribution in [0.4, 0.5) is 0 Å². The number of benzene rings is 1. The highest BCUT2D eigenvalue weighted by Crippen LogP contribution is 2.25. The first kappa shape index (κ1) is 14.3. The van der Waals surface area contributed by atoms with Crippen LogP contribution in [-0.2, 0) is 11.2 Å². The molecule has 0 aliphatic carbocycles. The molecule has 112 valence electrons. The number of amides is 1. The number of nitrogens with one attached hydrogen (secondary N) is 1. The largest absolute Gasteiger partial charge is 0.497 e. The molecular formula is C16H20N2O2S. The van der Waals surface area contributed by atoms with E-state index in [-0.39, 0.29) is 5.91 Å². The van der Waals surface area contributed by atoms with E-state index < -0.39 is 0 Å². The highest BCUT2D eigenvalue weighted by molar-refractivity contribution is 7.80. The molecule has 1 saturated heterocycles. The Bertz CT molecular complexity index is 653. The van der Waals surface area contributed by atoms with E-state index in [1.165, 1.54) is 10.9 Å². The molecule has 1 N–H and O–H groups in total. The van der Waals surface area contributed by atoms with Crippen molar-refractivity contribution >= 4 is 29.4 Å². The van der Waals surface area contributed by atoms with Gasteiger partial charge in [0.1, 0.15) is 5.75 Å². The van der Waals surface area contributed by atoms with Crippen molar-refractivity contribution < 1.29 is 9.53 Å². The van der Waals surface area contributed by atoms with Crippen molar-refractivity contribution in [1.82, 2.24) is 9.88 Å². The summed E-state index contributed by atoms with van der Waals surface area (Å²) in [5.74, 6) is 2.30. The number of ether oxygens (including phenoxy) is 1. The van der Waals surface area contributed by atoms with E-state index in [9.17, 15) is 4.79 Å². The molecule has 21 heavy (non-hydrogen) atoms. The van der Waals surface area contributed by atoms with Gasteiger partial charge in [-0.3, -0.25) is 4.79 Å². The number of nitrogens with zero attached hydrogens (tertiary/aromatic N) is 1. The number of aromatic nitrogens is 1. The first-order valence-corrected chi connectivity index (χ1v) is 7.87. The molecule has 1 aliphatic rings. The van der Waals surface area contributed by atoms with Gasteiger partial charge in [0.05, 0.1) is 7.11 Å². The van der Waals surface area contributed by atoms with Crippen LogP contribution >= 0.6 is 12.6 Å². The molecule has 1 fully saturated rings. The van der Waals surface area contributed by atoms with Crippen LogP contribution in [0.2, 0.25) is 0 Å². The third-order valence-corrected chi connectivity index (χ3v) is 4.69. The van der Waals surface area contributed by atoms with Gasteiger partial charge in [-0.1, -0.05) is 0 Å². The summed E-state index contributed by atoms with van der Waals surface area (Å²) in [5.41, 5.74) is 2.33. The molecule has 1 unspecified atom stereocenters. The second-order valence-electron chi connectivity index (χ2n) is 5.57. The Morgan fingerprint density at radius 2 is 2.33 bits per heavy atom. The predicted octanol–water partition coefficient (Wildman–Crippen LogP) is 2.50. The van der Waals surface area contributed by atoms with E-state index in [0.717, 1.165) is 36.5 Å². The Hall–Kier alpha value is -1.62. The van der Waals surface area contributed by atoms with Gasteiger partial charge in [0.15, 0.2) is 0 Å². The van der Waals surface area contributed by atoms with Crippen LogP contribution in [0.25, 0.3) is 10.9 Å².